The monoisotopic (exact) mass is 480 g/mol. The van der Waals surface area contributed by atoms with Crippen LogP contribution in [-0.4, -0.2) is 71.5 Å². The van der Waals surface area contributed by atoms with E-state index in [0.29, 0.717) is 12.3 Å². The Morgan fingerprint density at radius 3 is 1.13 bits per heavy atom. The number of hydrogen-bond acceptors (Lipinski definition) is 7. The van der Waals surface area contributed by atoms with Crippen LogP contribution in [-0.2, 0) is 21.8 Å². The zero-order valence-corrected chi connectivity index (χ0v) is 23.4. The molecule has 0 fully saturated rings. The molecule has 0 aromatic rings. The van der Waals surface area contributed by atoms with E-state index in [0.717, 1.165) is 25.9 Å². The molecule has 0 unspecified atom stereocenters. The number of rotatable bonds is 24. The first-order valence-corrected chi connectivity index (χ1v) is 16.3. The van der Waals surface area contributed by atoms with Crippen molar-refractivity contribution in [3.8, 4) is 0 Å². The fraction of sp³-hybridized carbons (Fsp3) is 1.00. The maximum atomic E-state index is 6.41. The van der Waals surface area contributed by atoms with Crippen LogP contribution in [0, 0.1) is 0 Å². The third-order valence-corrected chi connectivity index (χ3v) is 12.0. The minimum Gasteiger partial charge on any atom is -0.377 e. The molecule has 31 heavy (non-hydrogen) atoms. The van der Waals surface area contributed by atoms with Gasteiger partial charge in [0.25, 0.3) is 0 Å². The average molecular weight is 481 g/mol. The summed E-state index contributed by atoms with van der Waals surface area (Å²) in [6, 6.07) is 0. The summed E-state index contributed by atoms with van der Waals surface area (Å²) in [5.74, 6) is 0. The van der Waals surface area contributed by atoms with E-state index in [1.54, 1.807) is 28.4 Å². The normalized spacial score (nSPS) is 12.6. The molecule has 0 aliphatic heterocycles. The molecule has 0 aliphatic carbocycles. The Hall–Kier alpha value is 0.154. The summed E-state index contributed by atoms with van der Waals surface area (Å²) in [7, 11) is 0.733. The first kappa shape index (κ1) is 31.2. The molecule has 0 aliphatic rings. The summed E-state index contributed by atoms with van der Waals surface area (Å²) < 4.78 is 29.5. The maximum absolute atomic E-state index is 6.41. The van der Waals surface area contributed by atoms with E-state index in [9.17, 15) is 0 Å². The smallest absolute Gasteiger partial charge is 0.377 e. The minimum absolute atomic E-state index is 0.549. The molecule has 0 aromatic heterocycles. The maximum Gasteiger partial charge on any atom is 0.507 e. The van der Waals surface area contributed by atoms with E-state index in [2.05, 4.69) is 24.5 Å². The lowest BCUT2D eigenvalue weighted by molar-refractivity contribution is 0.0849. The van der Waals surface area contributed by atoms with Crippen LogP contribution in [0.2, 0.25) is 0 Å². The van der Waals surface area contributed by atoms with E-state index in [1.807, 2.05) is 0 Å². The van der Waals surface area contributed by atoms with E-state index in [-0.39, 0.29) is 0 Å². The van der Waals surface area contributed by atoms with Gasteiger partial charge in [0.15, 0.2) is 0 Å². The molecule has 0 spiro atoms. The van der Waals surface area contributed by atoms with Crippen molar-refractivity contribution in [2.24, 2.45) is 0 Å². The molecule has 0 saturated carbocycles. The van der Waals surface area contributed by atoms with Crippen LogP contribution in [0.1, 0.15) is 90.9 Å². The van der Waals surface area contributed by atoms with Crippen molar-refractivity contribution in [2.75, 3.05) is 53.9 Å². The second kappa shape index (κ2) is 20.7. The molecular formula is C22H52N2O5Si2. The van der Waals surface area contributed by atoms with Crippen molar-refractivity contribution in [3.63, 3.8) is 0 Å². The molecule has 0 atom stereocenters. The lowest BCUT2D eigenvalue weighted by atomic mass is 10.1. The van der Waals surface area contributed by atoms with Crippen molar-refractivity contribution >= 4 is 17.6 Å². The van der Waals surface area contributed by atoms with Gasteiger partial charge in [-0.2, -0.15) is 0 Å². The Morgan fingerprint density at radius 2 is 0.806 bits per heavy atom. The molecule has 9 heteroatoms. The van der Waals surface area contributed by atoms with Crippen LogP contribution in [0.5, 0.6) is 0 Å². The molecule has 0 amide bonds. The standard InChI is InChI=1S/C22H52N2O5Si2/c1-7-9-11-13-15-17-19-23-21-30(25-3,26-4)29-31(27-5,28-6)22-24-20-18-16-14-12-10-8-2/h23-24H,7-22H2,1-6H3. The van der Waals surface area contributed by atoms with Crippen LogP contribution < -0.4 is 10.6 Å². The summed E-state index contributed by atoms with van der Waals surface area (Å²) in [5, 5.41) is 6.94. The van der Waals surface area contributed by atoms with E-state index in [1.165, 1.54) is 64.2 Å². The van der Waals surface area contributed by atoms with Crippen molar-refractivity contribution in [3.05, 3.63) is 0 Å². The van der Waals surface area contributed by atoms with Gasteiger partial charge < -0.3 is 32.5 Å². The van der Waals surface area contributed by atoms with Gasteiger partial charge >= 0.3 is 17.6 Å². The lowest BCUT2D eigenvalue weighted by Gasteiger charge is -2.35. The van der Waals surface area contributed by atoms with Crippen molar-refractivity contribution < 1.29 is 21.8 Å². The van der Waals surface area contributed by atoms with Crippen molar-refractivity contribution in [1.29, 1.82) is 0 Å². The summed E-state index contributed by atoms with van der Waals surface area (Å²) in [6.45, 7) is 6.35. The van der Waals surface area contributed by atoms with Crippen LogP contribution in [0.25, 0.3) is 0 Å². The van der Waals surface area contributed by atoms with Gasteiger partial charge in [-0.1, -0.05) is 78.1 Å². The molecule has 0 bridgehead atoms. The summed E-state index contributed by atoms with van der Waals surface area (Å²) in [6.07, 6.45) is 16.4. The molecule has 7 nitrogen and oxygen atoms in total. The summed E-state index contributed by atoms with van der Waals surface area (Å²) >= 11 is 0. The van der Waals surface area contributed by atoms with E-state index in [4.69, 9.17) is 21.8 Å². The highest BCUT2D eigenvalue weighted by Crippen LogP contribution is 2.17. The third-order valence-electron chi connectivity index (χ3n) is 5.65. The lowest BCUT2D eigenvalue weighted by Crippen LogP contribution is -2.65. The highest BCUT2D eigenvalue weighted by atomic mass is 28.5. The third kappa shape index (κ3) is 14.8. The molecule has 0 aromatic carbocycles. The van der Waals surface area contributed by atoms with Gasteiger partial charge in [-0.15, -0.1) is 0 Å². The van der Waals surface area contributed by atoms with Gasteiger partial charge in [0.1, 0.15) is 0 Å². The quantitative estimate of drug-likeness (QED) is 0.156. The SMILES string of the molecule is CCCCCCCCNC[Si](OC)(OC)O[Si](CNCCCCCCCC)(OC)OC. The second-order valence-corrected chi connectivity index (χ2v) is 14.1. The van der Waals surface area contributed by atoms with Gasteiger partial charge in [0.2, 0.25) is 0 Å². The van der Waals surface area contributed by atoms with Gasteiger partial charge in [-0.3, -0.25) is 0 Å². The van der Waals surface area contributed by atoms with Crippen molar-refractivity contribution in [1.82, 2.24) is 10.6 Å². The summed E-state index contributed by atoms with van der Waals surface area (Å²) in [4.78, 5) is 0. The Bertz CT molecular complexity index is 353. The topological polar surface area (TPSA) is 70.2 Å². The van der Waals surface area contributed by atoms with Gasteiger partial charge in [-0.05, 0) is 25.9 Å². The number of hydrogen-bond donors (Lipinski definition) is 2. The van der Waals surface area contributed by atoms with Crippen molar-refractivity contribution in [2.45, 2.75) is 90.9 Å². The summed E-state index contributed by atoms with van der Waals surface area (Å²) in [5.41, 5.74) is 0. The predicted octanol–water partition coefficient (Wildman–Crippen LogP) is 4.45. The molecule has 0 radical (unpaired) electrons. The van der Waals surface area contributed by atoms with Gasteiger partial charge in [0.05, 0.1) is 12.3 Å². The fourth-order valence-corrected chi connectivity index (χ4v) is 9.16. The first-order chi connectivity index (χ1) is 15.1. The highest BCUT2D eigenvalue weighted by Gasteiger charge is 2.52. The minimum atomic E-state index is -2.93. The zero-order chi connectivity index (χ0) is 23.3. The largest absolute Gasteiger partial charge is 0.507 e. The van der Waals surface area contributed by atoms with Crippen LogP contribution in [0.15, 0.2) is 0 Å². The van der Waals surface area contributed by atoms with Crippen LogP contribution >= 0.6 is 0 Å². The van der Waals surface area contributed by atoms with Crippen LogP contribution in [0.4, 0.5) is 0 Å². The number of unbranched alkanes of at least 4 members (excludes halogenated alkanes) is 10. The van der Waals surface area contributed by atoms with E-state index >= 15 is 0 Å². The predicted molar refractivity (Wildman–Crippen MR) is 133 cm³/mol. The zero-order valence-electron chi connectivity index (χ0n) is 21.4. The molecule has 0 heterocycles. The fourth-order valence-electron chi connectivity index (χ4n) is 3.47. The highest BCUT2D eigenvalue weighted by molar-refractivity contribution is 6.75. The number of nitrogens with one attached hydrogen (secondary N) is 2. The Labute approximate surface area is 195 Å². The Morgan fingerprint density at radius 1 is 0.484 bits per heavy atom. The van der Waals surface area contributed by atoms with Gasteiger partial charge in [-0.25, -0.2) is 0 Å². The first-order valence-electron chi connectivity index (χ1n) is 12.4. The molecule has 188 valence electrons. The Balaban J connectivity index is 4.43. The molecule has 0 saturated heterocycles. The average Bonchev–Trinajstić information content (AvgIpc) is 2.80. The van der Waals surface area contributed by atoms with Gasteiger partial charge in [0, 0.05) is 28.4 Å². The molecule has 0 rings (SSSR count). The second-order valence-electron chi connectivity index (χ2n) is 8.17. The van der Waals surface area contributed by atoms with Crippen LogP contribution in [0.3, 0.4) is 0 Å². The van der Waals surface area contributed by atoms with E-state index < -0.39 is 17.6 Å². The Kier molecular flexibility index (Phi) is 20.8. The molecule has 2 N–H and O–H groups in total. The molecular weight excluding hydrogens is 428 g/mol.